The van der Waals surface area contributed by atoms with Gasteiger partial charge in [-0.05, 0) is 87.7 Å². The fraction of sp³-hybridized carbons (Fsp3) is 0.433. The lowest BCUT2D eigenvalue weighted by atomic mass is 9.89. The number of benzene rings is 1. The zero-order valence-electron chi connectivity index (χ0n) is 23.3. The van der Waals surface area contributed by atoms with Crippen molar-refractivity contribution in [2.24, 2.45) is 0 Å². The number of carbonyl (C=O) groups excluding carboxylic acids is 1. The fourth-order valence-electron chi connectivity index (χ4n) is 5.47. The van der Waals surface area contributed by atoms with Crippen LogP contribution in [-0.4, -0.2) is 71.6 Å². The van der Waals surface area contributed by atoms with Gasteiger partial charge in [0.05, 0.1) is 23.2 Å². The summed E-state index contributed by atoms with van der Waals surface area (Å²) in [5, 5.41) is 0.319. The number of likely N-dealkylation sites (N-methyl/N-ethyl adjacent to an activating group) is 1. The van der Waals surface area contributed by atoms with Crippen molar-refractivity contribution in [3.05, 3.63) is 73.8 Å². The van der Waals surface area contributed by atoms with Crippen LogP contribution in [0.15, 0.2) is 35.3 Å². The number of ether oxygens (including phenoxy) is 1. The summed E-state index contributed by atoms with van der Waals surface area (Å²) < 4.78 is 6.10. The van der Waals surface area contributed by atoms with Gasteiger partial charge in [-0.25, -0.2) is 4.98 Å². The Balaban J connectivity index is 1.55. The lowest BCUT2D eigenvalue weighted by molar-refractivity contribution is 0.0725. The highest BCUT2D eigenvalue weighted by atomic mass is 35.5. The number of carbonyl (C=O) groups is 1. The SMILES string of the molecule is Cc1cc(C)c(CN2CCc3c(-c4ccnc(N5CCN(C)CC5)c4)cc(OC(C)C)c(Cl)c3C2=O)c(=O)[nH]1. The summed E-state index contributed by atoms with van der Waals surface area (Å²) >= 11 is 6.88. The summed E-state index contributed by atoms with van der Waals surface area (Å²) in [7, 11) is 2.13. The summed E-state index contributed by atoms with van der Waals surface area (Å²) in [6.45, 7) is 12.2. The van der Waals surface area contributed by atoms with E-state index in [9.17, 15) is 9.59 Å². The zero-order valence-corrected chi connectivity index (χ0v) is 24.1. The van der Waals surface area contributed by atoms with Crippen LogP contribution in [0, 0.1) is 13.8 Å². The minimum Gasteiger partial charge on any atom is -0.489 e. The molecule has 2 aliphatic heterocycles. The largest absolute Gasteiger partial charge is 0.489 e. The molecule has 0 radical (unpaired) electrons. The minimum atomic E-state index is -0.190. The Morgan fingerprint density at radius 2 is 1.82 bits per heavy atom. The molecule has 0 bridgehead atoms. The van der Waals surface area contributed by atoms with Crippen LogP contribution >= 0.6 is 11.6 Å². The number of hydrogen-bond acceptors (Lipinski definition) is 6. The number of H-pyrrole nitrogens is 1. The van der Waals surface area contributed by atoms with Gasteiger partial charge in [0.25, 0.3) is 11.5 Å². The second-order valence-electron chi connectivity index (χ2n) is 10.9. The van der Waals surface area contributed by atoms with Gasteiger partial charge in [0, 0.05) is 50.2 Å². The van der Waals surface area contributed by atoms with Crippen molar-refractivity contribution < 1.29 is 9.53 Å². The number of fused-ring (bicyclic) bond motifs is 1. The Labute approximate surface area is 234 Å². The molecule has 1 fully saturated rings. The topological polar surface area (TPSA) is 81.8 Å². The first-order chi connectivity index (χ1) is 18.6. The smallest absolute Gasteiger partial charge is 0.256 e. The maximum absolute atomic E-state index is 13.9. The maximum atomic E-state index is 13.9. The molecule has 1 saturated heterocycles. The van der Waals surface area contributed by atoms with E-state index in [1.165, 1.54) is 0 Å². The number of amides is 1. The number of rotatable bonds is 6. The van der Waals surface area contributed by atoms with Gasteiger partial charge in [-0.1, -0.05) is 11.6 Å². The standard InChI is InChI=1S/C30H36ClN5O3/c1-18(2)39-25-16-23(21-6-8-32-26(15-21)35-12-10-34(5)11-13-35)22-7-9-36(30(38)27(22)28(25)31)17-24-19(3)14-20(4)33-29(24)37/h6,8,14-16,18H,7,9-13,17H2,1-5H3,(H,33,37). The lowest BCUT2D eigenvalue weighted by Crippen LogP contribution is -2.44. The van der Waals surface area contributed by atoms with Gasteiger partial charge in [-0.15, -0.1) is 0 Å². The number of piperazine rings is 1. The van der Waals surface area contributed by atoms with E-state index in [1.807, 2.05) is 52.1 Å². The van der Waals surface area contributed by atoms with Gasteiger partial charge in [0.2, 0.25) is 0 Å². The number of hydrogen-bond donors (Lipinski definition) is 1. The van der Waals surface area contributed by atoms with E-state index in [0.29, 0.717) is 34.9 Å². The number of nitrogens with zero attached hydrogens (tertiary/aromatic N) is 4. The van der Waals surface area contributed by atoms with E-state index in [2.05, 4.69) is 32.9 Å². The summed E-state index contributed by atoms with van der Waals surface area (Å²) in [5.74, 6) is 1.22. The number of pyridine rings is 2. The molecule has 0 aliphatic carbocycles. The number of aryl methyl sites for hydroxylation is 2. The molecule has 1 aromatic carbocycles. The average Bonchev–Trinajstić information content (AvgIpc) is 2.89. The quantitative estimate of drug-likeness (QED) is 0.489. The predicted molar refractivity (Wildman–Crippen MR) is 155 cm³/mol. The van der Waals surface area contributed by atoms with E-state index >= 15 is 0 Å². The molecule has 0 atom stereocenters. The number of halogens is 1. The lowest BCUT2D eigenvalue weighted by Gasteiger charge is -2.34. The highest BCUT2D eigenvalue weighted by Gasteiger charge is 2.32. The number of aromatic nitrogens is 2. The van der Waals surface area contributed by atoms with Crippen molar-refractivity contribution in [1.29, 1.82) is 0 Å². The molecule has 5 rings (SSSR count). The number of nitrogens with one attached hydrogen (secondary N) is 1. The third kappa shape index (κ3) is 5.54. The molecule has 4 heterocycles. The fourth-order valence-corrected chi connectivity index (χ4v) is 5.77. The van der Waals surface area contributed by atoms with Gasteiger partial charge >= 0.3 is 0 Å². The van der Waals surface area contributed by atoms with Crippen LogP contribution in [0.4, 0.5) is 5.82 Å². The molecule has 9 heteroatoms. The van der Waals surface area contributed by atoms with E-state index < -0.39 is 0 Å². The van der Waals surface area contributed by atoms with E-state index in [4.69, 9.17) is 16.3 Å². The second-order valence-corrected chi connectivity index (χ2v) is 11.2. The summed E-state index contributed by atoms with van der Waals surface area (Å²) in [5.41, 5.74) is 5.36. The van der Waals surface area contributed by atoms with E-state index in [-0.39, 0.29) is 24.1 Å². The molecule has 1 N–H and O–H groups in total. The maximum Gasteiger partial charge on any atom is 0.256 e. The molecule has 206 valence electrons. The molecule has 2 aliphatic rings. The first kappa shape index (κ1) is 27.2. The van der Waals surface area contributed by atoms with Gasteiger partial charge in [-0.2, -0.15) is 0 Å². The molecule has 0 spiro atoms. The summed E-state index contributed by atoms with van der Waals surface area (Å²) in [6, 6.07) is 7.97. The molecule has 1 amide bonds. The van der Waals surface area contributed by atoms with Crippen LogP contribution in [0.3, 0.4) is 0 Å². The van der Waals surface area contributed by atoms with Crippen molar-refractivity contribution in [1.82, 2.24) is 19.8 Å². The van der Waals surface area contributed by atoms with Gasteiger partial charge in [-0.3, -0.25) is 9.59 Å². The monoisotopic (exact) mass is 549 g/mol. The summed E-state index contributed by atoms with van der Waals surface area (Å²) in [6.07, 6.45) is 2.33. The highest BCUT2D eigenvalue weighted by Crippen LogP contribution is 2.42. The highest BCUT2D eigenvalue weighted by molar-refractivity contribution is 6.36. The Bertz CT molecular complexity index is 1460. The van der Waals surface area contributed by atoms with Crippen molar-refractivity contribution in [2.45, 2.75) is 46.8 Å². The Morgan fingerprint density at radius 3 is 2.51 bits per heavy atom. The van der Waals surface area contributed by atoms with Crippen molar-refractivity contribution in [3.8, 4) is 16.9 Å². The first-order valence-corrected chi connectivity index (χ1v) is 13.9. The van der Waals surface area contributed by atoms with Crippen LogP contribution < -0.4 is 15.2 Å². The van der Waals surface area contributed by atoms with Crippen LogP contribution in [0.1, 0.15) is 46.6 Å². The Hall–Kier alpha value is -3.36. The predicted octanol–water partition coefficient (Wildman–Crippen LogP) is 4.44. The van der Waals surface area contributed by atoms with Crippen LogP contribution in [-0.2, 0) is 13.0 Å². The van der Waals surface area contributed by atoms with Crippen LogP contribution in [0.25, 0.3) is 11.1 Å². The Kier molecular flexibility index (Phi) is 7.69. The molecular weight excluding hydrogens is 514 g/mol. The third-order valence-electron chi connectivity index (χ3n) is 7.56. The van der Waals surface area contributed by atoms with E-state index in [1.54, 1.807) is 4.90 Å². The van der Waals surface area contributed by atoms with Gasteiger partial charge in [0.1, 0.15) is 11.6 Å². The zero-order chi connectivity index (χ0) is 27.8. The molecule has 0 saturated carbocycles. The molecule has 8 nitrogen and oxygen atoms in total. The average molecular weight is 550 g/mol. The van der Waals surface area contributed by atoms with Crippen molar-refractivity contribution in [3.63, 3.8) is 0 Å². The van der Waals surface area contributed by atoms with Crippen molar-refractivity contribution >= 4 is 23.3 Å². The third-order valence-corrected chi connectivity index (χ3v) is 7.94. The van der Waals surface area contributed by atoms with Gasteiger partial charge < -0.3 is 24.4 Å². The van der Waals surface area contributed by atoms with Crippen LogP contribution in [0.5, 0.6) is 5.75 Å². The molecule has 39 heavy (non-hydrogen) atoms. The normalized spacial score (nSPS) is 16.1. The summed E-state index contributed by atoms with van der Waals surface area (Å²) in [4.78, 5) is 40.5. The second kappa shape index (κ2) is 11.0. The number of aromatic amines is 1. The van der Waals surface area contributed by atoms with Crippen LogP contribution in [0.2, 0.25) is 5.02 Å². The Morgan fingerprint density at radius 1 is 1.08 bits per heavy atom. The number of anilines is 1. The van der Waals surface area contributed by atoms with Crippen molar-refractivity contribution in [2.75, 3.05) is 44.7 Å². The molecule has 0 unspecified atom stereocenters. The minimum absolute atomic E-state index is 0.115. The first-order valence-electron chi connectivity index (χ1n) is 13.5. The molecule has 2 aromatic heterocycles. The molecule has 3 aromatic rings. The van der Waals surface area contributed by atoms with Gasteiger partial charge in [0.15, 0.2) is 0 Å². The van der Waals surface area contributed by atoms with E-state index in [0.717, 1.165) is 59.9 Å². The molecular formula is C30H36ClN5O3.